The largest absolute Gasteiger partial charge is 0.366 e. The molecule has 0 spiro atoms. The van der Waals surface area contributed by atoms with Crippen LogP contribution in [0.15, 0.2) is 30.5 Å². The van der Waals surface area contributed by atoms with Gasteiger partial charge in [-0.2, -0.15) is 0 Å². The number of amides is 2. The Balaban J connectivity index is 2.60. The minimum absolute atomic E-state index is 0.351. The van der Waals surface area contributed by atoms with Crippen molar-refractivity contribution in [2.75, 3.05) is 0 Å². The van der Waals surface area contributed by atoms with Crippen molar-refractivity contribution in [1.29, 1.82) is 0 Å². The molecule has 0 aliphatic heterocycles. The highest BCUT2D eigenvalue weighted by Crippen LogP contribution is 2.31. The van der Waals surface area contributed by atoms with Crippen molar-refractivity contribution in [3.05, 3.63) is 41.6 Å². The fraction of sp³-hybridized carbons (Fsp3) is 0. The smallest absolute Gasteiger partial charge is 0.249 e. The number of hydrogen-bond acceptors (Lipinski definition) is 3. The van der Waals surface area contributed by atoms with Gasteiger partial charge in [-0.1, -0.05) is 6.07 Å². The number of nitrogens with zero attached hydrogens (tertiary/aromatic N) is 1. The molecule has 5 heteroatoms. The Kier molecular flexibility index (Phi) is 1.98. The van der Waals surface area contributed by atoms with Crippen LogP contribution in [0, 0.1) is 0 Å². The van der Waals surface area contributed by atoms with Crippen LogP contribution in [0.4, 0.5) is 0 Å². The van der Waals surface area contributed by atoms with E-state index >= 15 is 0 Å². The lowest BCUT2D eigenvalue weighted by atomic mass is 9.94. The zero-order chi connectivity index (χ0) is 12.9. The van der Waals surface area contributed by atoms with Gasteiger partial charge >= 0.3 is 0 Å². The predicted octanol–water partition coefficient (Wildman–Crippen LogP) is 1.02. The van der Waals surface area contributed by atoms with E-state index in [2.05, 4.69) is 4.98 Å². The molecule has 0 saturated carbocycles. The normalized spacial score (nSPS) is 11.1. The molecule has 0 fully saturated rings. The molecule has 4 N–H and O–H groups in total. The molecule has 0 unspecified atom stereocenters. The summed E-state index contributed by atoms with van der Waals surface area (Å²) in [5.41, 5.74) is 12.0. The number of carbonyl (C=O) groups is 2. The van der Waals surface area contributed by atoms with Crippen LogP contribution in [-0.4, -0.2) is 16.8 Å². The van der Waals surface area contributed by atoms with Crippen molar-refractivity contribution in [3.8, 4) is 0 Å². The van der Waals surface area contributed by atoms with Crippen molar-refractivity contribution in [3.63, 3.8) is 0 Å². The van der Waals surface area contributed by atoms with E-state index < -0.39 is 11.8 Å². The van der Waals surface area contributed by atoms with Crippen LogP contribution in [0.2, 0.25) is 0 Å². The van der Waals surface area contributed by atoms with Gasteiger partial charge in [0.05, 0.1) is 5.52 Å². The van der Waals surface area contributed by atoms with Crippen molar-refractivity contribution in [1.82, 2.24) is 4.98 Å². The maximum Gasteiger partial charge on any atom is 0.249 e. The molecule has 4 rings (SSSR count). The first kappa shape index (κ1) is 10.5. The maximum atomic E-state index is 11.4. The molecule has 2 bridgehead atoms. The minimum Gasteiger partial charge on any atom is -0.366 e. The number of hydrogen-bond donors (Lipinski definition) is 2. The lowest BCUT2D eigenvalue weighted by molar-refractivity contribution is 0.0990. The molecule has 0 aliphatic rings. The monoisotopic (exact) mass is 239 g/mol. The second kappa shape index (κ2) is 3.40. The Morgan fingerprint density at radius 1 is 0.889 bits per heavy atom. The van der Waals surface area contributed by atoms with Gasteiger partial charge in [0.2, 0.25) is 11.8 Å². The summed E-state index contributed by atoms with van der Waals surface area (Å²) in [6.45, 7) is 0. The summed E-state index contributed by atoms with van der Waals surface area (Å²) in [4.78, 5) is 27.1. The molecule has 0 radical (unpaired) electrons. The topological polar surface area (TPSA) is 99.1 Å². The van der Waals surface area contributed by atoms with Crippen LogP contribution in [0.5, 0.6) is 0 Å². The summed E-state index contributed by atoms with van der Waals surface area (Å²) in [5, 5.41) is 2.00. The third-order valence-electron chi connectivity index (χ3n) is 3.04. The number of aromatic nitrogens is 1. The summed E-state index contributed by atoms with van der Waals surface area (Å²) < 4.78 is 0. The Hall–Kier alpha value is -2.69. The summed E-state index contributed by atoms with van der Waals surface area (Å²) in [6.07, 6.45) is 1.65. The number of primary amides is 2. The molecule has 2 heterocycles. The van der Waals surface area contributed by atoms with E-state index in [1.165, 1.54) is 12.1 Å². The molecule has 2 aromatic carbocycles. The number of pyridine rings is 2. The highest BCUT2D eigenvalue weighted by Gasteiger charge is 2.17. The van der Waals surface area contributed by atoms with E-state index in [1.54, 1.807) is 12.3 Å². The molecule has 0 saturated heterocycles. The fourth-order valence-electron chi connectivity index (χ4n) is 2.27. The van der Waals surface area contributed by atoms with Gasteiger partial charge in [-0.15, -0.1) is 0 Å². The standard InChI is InChI=1S/C13H9N3O2/c14-12(17)7-2-3-8(13(15)18)11-9-4-1-6(5-16-9)10(7)11/h1-5H,(H2,14,17)(H2,15,18). The van der Waals surface area contributed by atoms with E-state index in [-0.39, 0.29) is 0 Å². The molecule has 0 atom stereocenters. The number of nitrogens with two attached hydrogens (primary N) is 2. The number of fused-ring (bicyclic) bond motifs is 2. The predicted molar refractivity (Wildman–Crippen MR) is 67.5 cm³/mol. The highest BCUT2D eigenvalue weighted by molar-refractivity contribution is 6.23. The summed E-state index contributed by atoms with van der Waals surface area (Å²) in [6, 6.07) is 6.66. The summed E-state index contributed by atoms with van der Waals surface area (Å²) >= 11 is 0. The zero-order valence-electron chi connectivity index (χ0n) is 9.31. The van der Waals surface area contributed by atoms with Gasteiger partial charge in [0.15, 0.2) is 0 Å². The zero-order valence-corrected chi connectivity index (χ0v) is 9.31. The maximum absolute atomic E-state index is 11.4. The van der Waals surface area contributed by atoms with E-state index in [0.717, 1.165) is 5.39 Å². The SMILES string of the molecule is NC(=O)c1ccc(C(N)=O)c2c3ccc(cn3)c12. The third-order valence-corrected chi connectivity index (χ3v) is 3.04. The van der Waals surface area contributed by atoms with Crippen molar-refractivity contribution >= 4 is 33.5 Å². The van der Waals surface area contributed by atoms with E-state index in [1.807, 2.05) is 6.07 Å². The van der Waals surface area contributed by atoms with Crippen LogP contribution >= 0.6 is 0 Å². The average Bonchev–Trinajstić information content (AvgIpc) is 2.38. The van der Waals surface area contributed by atoms with Crippen LogP contribution in [0.1, 0.15) is 20.7 Å². The number of benzene rings is 2. The molecule has 0 aliphatic carbocycles. The number of rotatable bonds is 2. The number of carbonyl (C=O) groups excluding carboxylic acids is 2. The van der Waals surface area contributed by atoms with Gasteiger partial charge in [0.25, 0.3) is 0 Å². The summed E-state index contributed by atoms with van der Waals surface area (Å²) in [5.74, 6) is -1.09. The van der Waals surface area contributed by atoms with Crippen LogP contribution in [0.3, 0.4) is 0 Å². The van der Waals surface area contributed by atoms with E-state index in [4.69, 9.17) is 11.5 Å². The Morgan fingerprint density at radius 2 is 1.50 bits per heavy atom. The second-order valence-corrected chi connectivity index (χ2v) is 4.07. The molecule has 2 aromatic heterocycles. The second-order valence-electron chi connectivity index (χ2n) is 4.07. The Bertz CT molecular complexity index is 708. The molecule has 18 heavy (non-hydrogen) atoms. The van der Waals surface area contributed by atoms with Gasteiger partial charge in [0, 0.05) is 33.5 Å². The van der Waals surface area contributed by atoms with Crippen molar-refractivity contribution in [2.24, 2.45) is 11.5 Å². The van der Waals surface area contributed by atoms with E-state index in [9.17, 15) is 9.59 Å². The molecular weight excluding hydrogens is 230 g/mol. The molecule has 4 aromatic rings. The van der Waals surface area contributed by atoms with Crippen LogP contribution in [0.25, 0.3) is 21.7 Å². The highest BCUT2D eigenvalue weighted by atomic mass is 16.1. The van der Waals surface area contributed by atoms with E-state index in [0.29, 0.717) is 27.4 Å². The van der Waals surface area contributed by atoms with Gasteiger partial charge in [-0.05, 0) is 18.2 Å². The summed E-state index contributed by atoms with van der Waals surface area (Å²) in [7, 11) is 0. The Labute approximate surface area is 102 Å². The van der Waals surface area contributed by atoms with Crippen LogP contribution in [-0.2, 0) is 0 Å². The van der Waals surface area contributed by atoms with Crippen molar-refractivity contribution < 1.29 is 9.59 Å². The first-order valence-corrected chi connectivity index (χ1v) is 5.33. The fourth-order valence-corrected chi connectivity index (χ4v) is 2.27. The molecule has 88 valence electrons. The van der Waals surface area contributed by atoms with Crippen molar-refractivity contribution in [2.45, 2.75) is 0 Å². The van der Waals surface area contributed by atoms with Crippen LogP contribution < -0.4 is 11.5 Å². The average molecular weight is 239 g/mol. The third kappa shape index (κ3) is 1.24. The minimum atomic E-state index is -0.550. The molecule has 2 amide bonds. The lowest BCUT2D eigenvalue weighted by Gasteiger charge is -2.11. The first-order valence-electron chi connectivity index (χ1n) is 5.33. The van der Waals surface area contributed by atoms with Gasteiger partial charge in [-0.25, -0.2) is 0 Å². The lowest BCUT2D eigenvalue weighted by Crippen LogP contribution is -2.16. The first-order chi connectivity index (χ1) is 8.59. The molecular formula is C13H9N3O2. The van der Waals surface area contributed by atoms with Gasteiger partial charge in [0.1, 0.15) is 0 Å². The Morgan fingerprint density at radius 3 is 2.00 bits per heavy atom. The van der Waals surface area contributed by atoms with Gasteiger partial charge in [-0.3, -0.25) is 14.6 Å². The quantitative estimate of drug-likeness (QED) is 0.698. The molecule has 5 nitrogen and oxygen atoms in total. The van der Waals surface area contributed by atoms with Gasteiger partial charge < -0.3 is 11.5 Å².